The molecule has 1 atom stereocenters. The standard InChI is InChI=1S/C17H23BO4/c1-16(2)17(3,4)22-18(21-16)14-7-6-11-8-13(15(19)20-5)9-12(11)10-14/h6-7,10,13H,8-9H2,1-5H3. The van der Waals surface area contributed by atoms with Crippen LogP contribution in [0.1, 0.15) is 38.8 Å². The fourth-order valence-corrected chi connectivity index (χ4v) is 3.10. The van der Waals surface area contributed by atoms with E-state index in [0.717, 1.165) is 18.3 Å². The lowest BCUT2D eigenvalue weighted by atomic mass is 9.78. The number of methoxy groups -OCH3 is 1. The van der Waals surface area contributed by atoms with Crippen molar-refractivity contribution in [2.24, 2.45) is 5.92 Å². The van der Waals surface area contributed by atoms with E-state index in [-0.39, 0.29) is 30.2 Å². The summed E-state index contributed by atoms with van der Waals surface area (Å²) in [7, 11) is 1.09. The zero-order chi connectivity index (χ0) is 16.1. The fourth-order valence-electron chi connectivity index (χ4n) is 3.10. The molecule has 0 saturated carbocycles. The van der Waals surface area contributed by atoms with E-state index >= 15 is 0 Å². The summed E-state index contributed by atoms with van der Waals surface area (Å²) < 4.78 is 17.0. The van der Waals surface area contributed by atoms with Gasteiger partial charge in [-0.1, -0.05) is 18.2 Å². The van der Waals surface area contributed by atoms with E-state index < -0.39 is 0 Å². The molecule has 0 spiro atoms. The van der Waals surface area contributed by atoms with Gasteiger partial charge in [0.1, 0.15) is 0 Å². The van der Waals surface area contributed by atoms with Crippen LogP contribution in [0.5, 0.6) is 0 Å². The summed E-state index contributed by atoms with van der Waals surface area (Å²) in [5.41, 5.74) is 2.75. The molecule has 1 aromatic carbocycles. The van der Waals surface area contributed by atoms with Crippen molar-refractivity contribution in [2.45, 2.75) is 51.7 Å². The second kappa shape index (κ2) is 5.10. The van der Waals surface area contributed by atoms with Crippen molar-refractivity contribution >= 4 is 18.6 Å². The minimum absolute atomic E-state index is 0.0615. The number of hydrogen-bond donors (Lipinski definition) is 0. The Balaban J connectivity index is 1.81. The van der Waals surface area contributed by atoms with Gasteiger partial charge in [-0.25, -0.2) is 0 Å². The Morgan fingerprint density at radius 1 is 1.14 bits per heavy atom. The first-order chi connectivity index (χ1) is 10.2. The minimum atomic E-state index is -0.354. The molecule has 1 aromatic rings. The maximum Gasteiger partial charge on any atom is 0.494 e. The molecule has 0 aromatic heterocycles. The highest BCUT2D eigenvalue weighted by atomic mass is 16.7. The Labute approximate surface area is 132 Å². The molecule has 22 heavy (non-hydrogen) atoms. The van der Waals surface area contributed by atoms with E-state index in [4.69, 9.17) is 14.0 Å². The van der Waals surface area contributed by atoms with Gasteiger partial charge in [0.05, 0.1) is 24.2 Å². The van der Waals surface area contributed by atoms with Gasteiger partial charge in [0, 0.05) is 0 Å². The Morgan fingerprint density at radius 2 is 1.73 bits per heavy atom. The zero-order valence-electron chi connectivity index (χ0n) is 13.9. The molecule has 1 unspecified atom stereocenters. The SMILES string of the molecule is COC(=O)C1Cc2ccc(B3OC(C)(C)C(C)(C)O3)cc2C1. The average molecular weight is 302 g/mol. The highest BCUT2D eigenvalue weighted by Gasteiger charge is 2.51. The molecule has 1 aliphatic heterocycles. The lowest BCUT2D eigenvalue weighted by Gasteiger charge is -2.32. The highest BCUT2D eigenvalue weighted by Crippen LogP contribution is 2.37. The number of ether oxygens (including phenoxy) is 1. The van der Waals surface area contributed by atoms with Crippen LogP contribution in [0.4, 0.5) is 0 Å². The van der Waals surface area contributed by atoms with Crippen molar-refractivity contribution < 1.29 is 18.8 Å². The van der Waals surface area contributed by atoms with Crippen LogP contribution in [-0.4, -0.2) is 31.4 Å². The van der Waals surface area contributed by atoms with E-state index in [1.807, 2.05) is 33.8 Å². The van der Waals surface area contributed by atoms with Crippen molar-refractivity contribution in [1.29, 1.82) is 0 Å². The third-order valence-corrected chi connectivity index (χ3v) is 5.22. The van der Waals surface area contributed by atoms with Gasteiger partial charge in [0.25, 0.3) is 0 Å². The van der Waals surface area contributed by atoms with Gasteiger partial charge in [-0.05, 0) is 57.1 Å². The number of carbonyl (C=O) groups excluding carboxylic acids is 1. The largest absolute Gasteiger partial charge is 0.494 e. The monoisotopic (exact) mass is 302 g/mol. The van der Waals surface area contributed by atoms with E-state index in [1.165, 1.54) is 18.2 Å². The molecular weight excluding hydrogens is 279 g/mol. The first kappa shape index (κ1) is 15.6. The average Bonchev–Trinajstić information content (AvgIpc) is 2.96. The molecule has 0 radical (unpaired) electrons. The molecule has 4 nitrogen and oxygen atoms in total. The third kappa shape index (κ3) is 2.46. The van der Waals surface area contributed by atoms with Crippen LogP contribution in [0, 0.1) is 5.92 Å². The number of esters is 1. The van der Waals surface area contributed by atoms with Gasteiger partial charge in [-0.15, -0.1) is 0 Å². The van der Waals surface area contributed by atoms with Crippen molar-refractivity contribution in [3.63, 3.8) is 0 Å². The van der Waals surface area contributed by atoms with Crippen molar-refractivity contribution in [3.05, 3.63) is 29.3 Å². The molecule has 5 heteroatoms. The fraction of sp³-hybridized carbons (Fsp3) is 0.588. The summed E-state index contributed by atoms with van der Waals surface area (Å²) in [6, 6.07) is 6.24. The summed E-state index contributed by atoms with van der Waals surface area (Å²) in [5, 5.41) is 0. The summed E-state index contributed by atoms with van der Waals surface area (Å²) in [4.78, 5) is 11.7. The number of fused-ring (bicyclic) bond motifs is 1. The normalized spacial score (nSPS) is 25.1. The number of carbonyl (C=O) groups is 1. The minimum Gasteiger partial charge on any atom is -0.469 e. The molecule has 0 N–H and O–H groups in total. The summed E-state index contributed by atoms with van der Waals surface area (Å²) >= 11 is 0. The molecule has 0 bridgehead atoms. The number of rotatable bonds is 2. The maximum atomic E-state index is 11.7. The van der Waals surface area contributed by atoms with Crippen LogP contribution in [0.3, 0.4) is 0 Å². The van der Waals surface area contributed by atoms with Crippen LogP contribution < -0.4 is 5.46 Å². The first-order valence-corrected chi connectivity index (χ1v) is 7.79. The lowest BCUT2D eigenvalue weighted by molar-refractivity contribution is -0.145. The van der Waals surface area contributed by atoms with Gasteiger partial charge < -0.3 is 14.0 Å². The lowest BCUT2D eigenvalue weighted by Crippen LogP contribution is -2.41. The van der Waals surface area contributed by atoms with Gasteiger partial charge in [0.15, 0.2) is 0 Å². The predicted molar refractivity (Wildman–Crippen MR) is 85.1 cm³/mol. The smallest absolute Gasteiger partial charge is 0.469 e. The molecule has 1 saturated heterocycles. The summed E-state index contributed by atoms with van der Waals surface area (Å²) in [5.74, 6) is -0.193. The van der Waals surface area contributed by atoms with E-state index in [9.17, 15) is 4.79 Å². The number of benzene rings is 1. The topological polar surface area (TPSA) is 44.8 Å². The number of hydrogen-bond acceptors (Lipinski definition) is 4. The molecule has 0 amide bonds. The van der Waals surface area contributed by atoms with Gasteiger partial charge in [-0.2, -0.15) is 0 Å². The molecule has 1 fully saturated rings. The van der Waals surface area contributed by atoms with Crippen LogP contribution in [0.15, 0.2) is 18.2 Å². The molecule has 2 aliphatic rings. The summed E-state index contributed by atoms with van der Waals surface area (Å²) in [6.07, 6.45) is 1.49. The highest BCUT2D eigenvalue weighted by molar-refractivity contribution is 6.62. The van der Waals surface area contributed by atoms with E-state index in [2.05, 4.69) is 12.1 Å². The van der Waals surface area contributed by atoms with Crippen LogP contribution in [0.2, 0.25) is 0 Å². The predicted octanol–water partition coefficient (Wildman–Crippen LogP) is 1.87. The maximum absolute atomic E-state index is 11.7. The Morgan fingerprint density at radius 3 is 2.32 bits per heavy atom. The van der Waals surface area contributed by atoms with E-state index in [1.54, 1.807) is 0 Å². The van der Waals surface area contributed by atoms with Crippen LogP contribution in [0.25, 0.3) is 0 Å². The Bertz CT molecular complexity index is 593. The molecular formula is C17H23BO4. The van der Waals surface area contributed by atoms with Crippen LogP contribution in [-0.2, 0) is 31.7 Å². The summed E-state index contributed by atoms with van der Waals surface area (Å²) in [6.45, 7) is 8.20. The van der Waals surface area contributed by atoms with Gasteiger partial charge >= 0.3 is 13.1 Å². The van der Waals surface area contributed by atoms with Gasteiger partial charge in [0.2, 0.25) is 0 Å². The Hall–Kier alpha value is -1.33. The molecule has 1 aliphatic carbocycles. The molecule has 1 heterocycles. The van der Waals surface area contributed by atoms with Gasteiger partial charge in [-0.3, -0.25) is 4.79 Å². The van der Waals surface area contributed by atoms with Crippen LogP contribution >= 0.6 is 0 Å². The second-order valence-corrected chi connectivity index (χ2v) is 7.24. The van der Waals surface area contributed by atoms with Crippen molar-refractivity contribution in [2.75, 3.05) is 7.11 Å². The zero-order valence-corrected chi connectivity index (χ0v) is 13.9. The molecule has 3 rings (SSSR count). The Kier molecular flexibility index (Phi) is 3.61. The van der Waals surface area contributed by atoms with E-state index in [0.29, 0.717) is 0 Å². The van der Waals surface area contributed by atoms with Crippen molar-refractivity contribution in [1.82, 2.24) is 0 Å². The second-order valence-electron chi connectivity index (χ2n) is 7.24. The molecule has 118 valence electrons. The first-order valence-electron chi connectivity index (χ1n) is 7.79. The van der Waals surface area contributed by atoms with Crippen molar-refractivity contribution in [3.8, 4) is 0 Å². The third-order valence-electron chi connectivity index (χ3n) is 5.22. The quantitative estimate of drug-likeness (QED) is 0.618.